The van der Waals surface area contributed by atoms with Gasteiger partial charge in [-0.2, -0.15) is 0 Å². The zero-order valence-corrected chi connectivity index (χ0v) is 9.93. The van der Waals surface area contributed by atoms with Crippen LogP contribution in [0.15, 0.2) is 66.7 Å². The fourth-order valence-electron chi connectivity index (χ4n) is 1.60. The van der Waals surface area contributed by atoms with Crippen LogP contribution in [0.1, 0.15) is 18.1 Å². The molecule has 0 aliphatic heterocycles. The first-order chi connectivity index (χ1) is 8.36. The smallest absolute Gasteiger partial charge is 0.0146 e. The minimum Gasteiger partial charge on any atom is -0.0622 e. The third-order valence-corrected chi connectivity index (χ3v) is 2.58. The fraction of sp³-hybridized carbons (Fsp3) is 0.0588. The van der Waals surface area contributed by atoms with E-state index >= 15 is 0 Å². The molecule has 17 heavy (non-hydrogen) atoms. The van der Waals surface area contributed by atoms with Crippen LogP contribution in [0.5, 0.6) is 0 Å². The maximum atomic E-state index is 3.28. The van der Waals surface area contributed by atoms with Gasteiger partial charge >= 0.3 is 0 Å². The Morgan fingerprint density at radius 1 is 0.882 bits per heavy atom. The summed E-state index contributed by atoms with van der Waals surface area (Å²) in [6, 6.07) is 20.6. The van der Waals surface area contributed by atoms with Gasteiger partial charge in [-0.05, 0) is 29.7 Å². The van der Waals surface area contributed by atoms with Crippen molar-refractivity contribution in [3.8, 4) is 0 Å². The summed E-state index contributed by atoms with van der Waals surface area (Å²) in [5, 5.41) is 0. The zero-order chi connectivity index (χ0) is 11.9. The molecule has 1 radical (unpaired) electrons. The average Bonchev–Trinajstić information content (AvgIpc) is 2.41. The minimum absolute atomic E-state index is 1.15. The first kappa shape index (κ1) is 11.4. The summed E-state index contributed by atoms with van der Waals surface area (Å²) >= 11 is 0. The monoisotopic (exact) mass is 219 g/mol. The molecule has 0 heteroatoms. The lowest BCUT2D eigenvalue weighted by Gasteiger charge is -1.97. The lowest BCUT2D eigenvalue weighted by molar-refractivity contribution is 1.55. The van der Waals surface area contributed by atoms with Crippen molar-refractivity contribution in [1.82, 2.24) is 0 Å². The van der Waals surface area contributed by atoms with Crippen molar-refractivity contribution in [2.75, 3.05) is 0 Å². The largest absolute Gasteiger partial charge is 0.0622 e. The lowest BCUT2D eigenvalue weighted by atomic mass is 10.1. The fourth-order valence-corrected chi connectivity index (χ4v) is 1.60. The molecule has 2 aromatic carbocycles. The summed E-state index contributed by atoms with van der Waals surface area (Å²) in [6.07, 6.45) is 7.32. The number of hydrogen-bond acceptors (Lipinski definition) is 0. The van der Waals surface area contributed by atoms with Crippen molar-refractivity contribution in [3.05, 3.63) is 83.9 Å². The van der Waals surface area contributed by atoms with Gasteiger partial charge < -0.3 is 0 Å². The number of hydrogen-bond donors (Lipinski definition) is 0. The Labute approximate surface area is 103 Å². The summed E-state index contributed by atoms with van der Waals surface area (Å²) in [5.74, 6) is 0. The summed E-state index contributed by atoms with van der Waals surface area (Å²) in [7, 11) is 0. The van der Waals surface area contributed by atoms with Gasteiger partial charge in [0.1, 0.15) is 0 Å². The van der Waals surface area contributed by atoms with E-state index in [1.165, 1.54) is 11.1 Å². The maximum absolute atomic E-state index is 3.28. The van der Waals surface area contributed by atoms with Crippen molar-refractivity contribution < 1.29 is 0 Å². The Bertz CT molecular complexity index is 504. The minimum atomic E-state index is 1.15. The molecule has 0 heterocycles. The van der Waals surface area contributed by atoms with Gasteiger partial charge in [-0.1, -0.05) is 72.8 Å². The number of rotatable bonds is 3. The first-order valence-corrected chi connectivity index (χ1v) is 5.73. The van der Waals surface area contributed by atoms with E-state index in [1.807, 2.05) is 42.5 Å². The molecule has 0 aromatic heterocycles. The van der Waals surface area contributed by atoms with Crippen molar-refractivity contribution in [1.29, 1.82) is 0 Å². The zero-order valence-electron chi connectivity index (χ0n) is 9.93. The lowest BCUT2D eigenvalue weighted by Crippen LogP contribution is -1.76. The molecule has 0 amide bonds. The molecule has 2 aromatic rings. The highest BCUT2D eigenvalue weighted by atomic mass is 14.0. The van der Waals surface area contributed by atoms with Crippen molar-refractivity contribution in [2.24, 2.45) is 0 Å². The highest BCUT2D eigenvalue weighted by molar-refractivity contribution is 5.64. The van der Waals surface area contributed by atoms with Crippen LogP contribution in [-0.4, -0.2) is 0 Å². The summed E-state index contributed by atoms with van der Waals surface area (Å²) in [6.45, 7) is 2.07. The van der Waals surface area contributed by atoms with Gasteiger partial charge in [-0.25, -0.2) is 0 Å². The van der Waals surface area contributed by atoms with Crippen molar-refractivity contribution >= 4 is 11.6 Å². The first-order valence-electron chi connectivity index (χ1n) is 5.73. The molecule has 0 bridgehead atoms. The van der Waals surface area contributed by atoms with Crippen LogP contribution < -0.4 is 0 Å². The second-order valence-corrected chi connectivity index (χ2v) is 3.88. The Morgan fingerprint density at radius 3 is 2.12 bits per heavy atom. The molecule has 0 saturated carbocycles. The van der Waals surface area contributed by atoms with Crippen molar-refractivity contribution in [3.63, 3.8) is 0 Å². The van der Waals surface area contributed by atoms with E-state index in [0.29, 0.717) is 0 Å². The van der Waals surface area contributed by atoms with Crippen LogP contribution in [0.25, 0.3) is 11.6 Å². The molecular weight excluding hydrogens is 204 g/mol. The normalized spacial score (nSPS) is 11.9. The quantitative estimate of drug-likeness (QED) is 0.661. The highest BCUT2D eigenvalue weighted by Crippen LogP contribution is 2.12. The van der Waals surface area contributed by atoms with Crippen LogP contribution in [0.2, 0.25) is 0 Å². The molecule has 0 aliphatic rings. The molecule has 83 valence electrons. The molecule has 0 N–H and O–H groups in total. The molecule has 0 atom stereocenters. The Morgan fingerprint density at radius 2 is 1.47 bits per heavy atom. The maximum Gasteiger partial charge on any atom is -0.0146 e. The van der Waals surface area contributed by atoms with E-state index in [4.69, 9.17) is 0 Å². The molecule has 0 spiro atoms. The molecule has 2 rings (SSSR count). The predicted octanol–water partition coefficient (Wildman–Crippen LogP) is 4.61. The molecule has 0 fully saturated rings. The summed E-state index contributed by atoms with van der Waals surface area (Å²) in [4.78, 5) is 0. The third kappa shape index (κ3) is 3.46. The van der Waals surface area contributed by atoms with E-state index in [0.717, 1.165) is 5.57 Å². The Hall–Kier alpha value is -2.08. The Kier molecular flexibility index (Phi) is 3.93. The van der Waals surface area contributed by atoms with Crippen LogP contribution in [0.4, 0.5) is 0 Å². The van der Waals surface area contributed by atoms with E-state index in [-0.39, 0.29) is 0 Å². The van der Waals surface area contributed by atoms with E-state index in [1.54, 1.807) is 0 Å². The molecule has 0 aliphatic carbocycles. The van der Waals surface area contributed by atoms with Gasteiger partial charge in [-0.15, -0.1) is 0 Å². The van der Waals surface area contributed by atoms with Gasteiger partial charge in [0, 0.05) is 0 Å². The highest BCUT2D eigenvalue weighted by Gasteiger charge is 1.91. The molecule has 0 nitrogen and oxygen atoms in total. The number of allylic oxidation sites excluding steroid dienone is 3. The average molecular weight is 219 g/mol. The van der Waals surface area contributed by atoms with E-state index in [9.17, 15) is 0 Å². The van der Waals surface area contributed by atoms with Gasteiger partial charge in [0.2, 0.25) is 0 Å². The summed E-state index contributed by atoms with van der Waals surface area (Å²) in [5.41, 5.74) is 3.56. The standard InChI is InChI=1S/C17H15/c1-15(17-13-6-3-7-14-17)9-8-12-16-10-4-2-5-11-16/h2-8,10-14H,1H3. The number of benzene rings is 2. The van der Waals surface area contributed by atoms with Gasteiger partial charge in [0.25, 0.3) is 0 Å². The van der Waals surface area contributed by atoms with Gasteiger partial charge in [-0.3, -0.25) is 0 Å². The van der Waals surface area contributed by atoms with Crippen LogP contribution in [-0.2, 0) is 0 Å². The summed E-state index contributed by atoms with van der Waals surface area (Å²) < 4.78 is 0. The molecule has 0 saturated heterocycles. The topological polar surface area (TPSA) is 0 Å². The van der Waals surface area contributed by atoms with Crippen LogP contribution >= 0.6 is 0 Å². The van der Waals surface area contributed by atoms with E-state index in [2.05, 4.69) is 43.3 Å². The van der Waals surface area contributed by atoms with Gasteiger partial charge in [0.05, 0.1) is 0 Å². The SMILES string of the molecule is CC(=[C]C=Cc1ccccc1)c1ccccc1. The molecule has 0 unspecified atom stereocenters. The van der Waals surface area contributed by atoms with Crippen LogP contribution in [0.3, 0.4) is 0 Å². The van der Waals surface area contributed by atoms with Gasteiger partial charge in [0.15, 0.2) is 0 Å². The predicted molar refractivity (Wildman–Crippen MR) is 74.2 cm³/mol. The Balaban J connectivity index is 2.09. The second kappa shape index (κ2) is 5.86. The van der Waals surface area contributed by atoms with Crippen molar-refractivity contribution in [2.45, 2.75) is 6.92 Å². The molecular formula is C17H15. The van der Waals surface area contributed by atoms with Crippen LogP contribution in [0, 0.1) is 6.08 Å². The second-order valence-electron chi connectivity index (χ2n) is 3.88. The third-order valence-electron chi connectivity index (χ3n) is 2.58. The van der Waals surface area contributed by atoms with E-state index < -0.39 is 0 Å².